The minimum absolute atomic E-state index is 0.0584. The zero-order chi connectivity index (χ0) is 18.3. The Hall–Kier alpha value is -3.37. The van der Waals surface area contributed by atoms with E-state index in [-0.39, 0.29) is 27.9 Å². The summed E-state index contributed by atoms with van der Waals surface area (Å²) in [5.41, 5.74) is 7.61. The van der Waals surface area contributed by atoms with Gasteiger partial charge in [-0.2, -0.15) is 5.26 Å². The molecule has 4 rings (SSSR count). The van der Waals surface area contributed by atoms with Crippen LogP contribution >= 0.6 is 11.6 Å². The van der Waals surface area contributed by atoms with Gasteiger partial charge in [-0.1, -0.05) is 23.7 Å². The highest BCUT2D eigenvalue weighted by Crippen LogP contribution is 2.47. The van der Waals surface area contributed by atoms with E-state index in [1.165, 1.54) is 12.1 Å². The summed E-state index contributed by atoms with van der Waals surface area (Å²) in [6.45, 7) is 0. The second-order valence-electron chi connectivity index (χ2n) is 5.59. The molecular weight excluding hydrogens is 357 g/mol. The first-order valence-corrected chi connectivity index (χ1v) is 8.00. The van der Waals surface area contributed by atoms with Crippen molar-refractivity contribution in [1.29, 1.82) is 5.26 Å². The highest BCUT2D eigenvalue weighted by Gasteiger charge is 2.38. The van der Waals surface area contributed by atoms with Crippen molar-refractivity contribution in [2.45, 2.75) is 5.92 Å². The van der Waals surface area contributed by atoms with Gasteiger partial charge in [-0.15, -0.1) is 5.10 Å². The molecule has 6 nitrogen and oxygen atoms in total. The summed E-state index contributed by atoms with van der Waals surface area (Å²) in [5.74, 6) is -1.40. The zero-order valence-electron chi connectivity index (χ0n) is 13.2. The molecule has 3 N–H and O–H groups in total. The van der Waals surface area contributed by atoms with E-state index in [2.05, 4.69) is 15.2 Å². The third kappa shape index (κ3) is 2.39. The fourth-order valence-corrected chi connectivity index (χ4v) is 3.30. The quantitative estimate of drug-likeness (QED) is 0.722. The van der Waals surface area contributed by atoms with Gasteiger partial charge in [0.15, 0.2) is 0 Å². The minimum Gasteiger partial charge on any atom is -0.420 e. The number of nitriles is 1. The van der Waals surface area contributed by atoms with Crippen LogP contribution in [0.1, 0.15) is 17.0 Å². The van der Waals surface area contributed by atoms with Crippen molar-refractivity contribution in [3.63, 3.8) is 0 Å². The van der Waals surface area contributed by atoms with Crippen LogP contribution in [0.4, 0.5) is 4.39 Å². The maximum absolute atomic E-state index is 14.7. The van der Waals surface area contributed by atoms with Gasteiger partial charge in [-0.05, 0) is 24.3 Å². The molecule has 128 valence electrons. The summed E-state index contributed by atoms with van der Waals surface area (Å²) in [6, 6.07) is 11.7. The highest BCUT2D eigenvalue weighted by atomic mass is 35.5. The number of H-pyrrole nitrogens is 1. The molecule has 0 unspecified atom stereocenters. The number of nitrogens with zero attached hydrogens (tertiary/aromatic N) is 3. The summed E-state index contributed by atoms with van der Waals surface area (Å²) in [7, 11) is 0. The van der Waals surface area contributed by atoms with E-state index in [9.17, 15) is 9.65 Å². The van der Waals surface area contributed by atoms with Gasteiger partial charge < -0.3 is 10.5 Å². The molecule has 8 heteroatoms. The number of halogens is 2. The van der Waals surface area contributed by atoms with Crippen molar-refractivity contribution in [3.05, 3.63) is 76.0 Å². The summed E-state index contributed by atoms with van der Waals surface area (Å²) in [5, 5.41) is 16.7. The molecule has 1 aliphatic rings. The molecule has 1 atom stereocenters. The highest BCUT2D eigenvalue weighted by molar-refractivity contribution is 6.31. The molecule has 1 aromatic carbocycles. The van der Waals surface area contributed by atoms with Crippen LogP contribution in [-0.4, -0.2) is 15.2 Å². The molecule has 0 saturated carbocycles. The molecular formula is C18H11ClFN5O. The SMILES string of the molecule is N#CC1=C(N)Oc2n[nH]c(-c3ccccn3)c2[C@H]1c1c(F)cccc1Cl. The van der Waals surface area contributed by atoms with Crippen molar-refractivity contribution in [2.75, 3.05) is 0 Å². The molecule has 0 amide bonds. The number of aromatic amines is 1. The van der Waals surface area contributed by atoms with E-state index in [0.29, 0.717) is 17.0 Å². The lowest BCUT2D eigenvalue weighted by molar-refractivity contribution is 0.378. The molecule has 0 fully saturated rings. The molecule has 0 aliphatic carbocycles. The fraction of sp³-hybridized carbons (Fsp3) is 0.0556. The standard InChI is InChI=1S/C18H11ClFN5O/c19-10-4-3-5-11(20)14(10)13-9(8-21)17(22)26-18-15(13)16(24-25-18)12-6-1-2-7-23-12/h1-7,13H,22H2,(H,24,25)/t13-/m1/s1. The Balaban J connectivity index is 2.02. The topological polar surface area (TPSA) is 101 Å². The molecule has 3 heterocycles. The summed E-state index contributed by atoms with van der Waals surface area (Å²) in [6.07, 6.45) is 1.62. The second kappa shape index (κ2) is 6.17. The third-order valence-electron chi connectivity index (χ3n) is 4.15. The smallest absolute Gasteiger partial charge is 0.244 e. The van der Waals surface area contributed by atoms with Gasteiger partial charge in [0.1, 0.15) is 17.5 Å². The number of ether oxygens (including phenoxy) is 1. The van der Waals surface area contributed by atoms with Gasteiger partial charge in [0.05, 0.1) is 22.9 Å². The number of hydrogen-bond acceptors (Lipinski definition) is 5. The van der Waals surface area contributed by atoms with Crippen LogP contribution in [0, 0.1) is 17.1 Å². The number of hydrogen-bond donors (Lipinski definition) is 2. The first-order chi connectivity index (χ1) is 12.6. The largest absolute Gasteiger partial charge is 0.420 e. The van der Waals surface area contributed by atoms with Gasteiger partial charge in [-0.3, -0.25) is 10.1 Å². The third-order valence-corrected chi connectivity index (χ3v) is 4.48. The molecule has 0 radical (unpaired) electrons. The van der Waals surface area contributed by atoms with E-state index in [4.69, 9.17) is 22.1 Å². The van der Waals surface area contributed by atoms with Crippen LogP contribution in [0.5, 0.6) is 5.88 Å². The Morgan fingerprint density at radius 3 is 2.77 bits per heavy atom. The number of benzene rings is 1. The predicted octanol–water partition coefficient (Wildman–Crippen LogP) is 3.48. The van der Waals surface area contributed by atoms with Gasteiger partial charge in [0.2, 0.25) is 11.8 Å². The van der Waals surface area contributed by atoms with E-state index in [1.807, 2.05) is 6.07 Å². The van der Waals surface area contributed by atoms with E-state index >= 15 is 0 Å². The van der Waals surface area contributed by atoms with E-state index < -0.39 is 11.7 Å². The van der Waals surface area contributed by atoms with Gasteiger partial charge in [-0.25, -0.2) is 4.39 Å². The first-order valence-electron chi connectivity index (χ1n) is 7.63. The van der Waals surface area contributed by atoms with E-state index in [1.54, 1.807) is 30.5 Å². The molecule has 3 aromatic rings. The maximum Gasteiger partial charge on any atom is 0.244 e. The minimum atomic E-state index is -0.867. The number of allylic oxidation sites excluding steroid dienone is 1. The number of nitrogens with one attached hydrogen (secondary N) is 1. The Morgan fingerprint density at radius 2 is 2.08 bits per heavy atom. The lowest BCUT2D eigenvalue weighted by atomic mass is 9.83. The Bertz CT molecular complexity index is 1050. The maximum atomic E-state index is 14.7. The number of rotatable bonds is 2. The number of pyridine rings is 1. The van der Waals surface area contributed by atoms with Crippen LogP contribution in [0.3, 0.4) is 0 Å². The van der Waals surface area contributed by atoms with E-state index in [0.717, 1.165) is 0 Å². The van der Waals surface area contributed by atoms with Crippen molar-refractivity contribution >= 4 is 11.6 Å². The molecule has 26 heavy (non-hydrogen) atoms. The van der Waals surface area contributed by atoms with Crippen molar-refractivity contribution in [1.82, 2.24) is 15.2 Å². The van der Waals surface area contributed by atoms with Crippen LogP contribution in [0.15, 0.2) is 54.1 Å². The first kappa shape index (κ1) is 16.1. The molecule has 0 spiro atoms. The number of fused-ring (bicyclic) bond motifs is 1. The van der Waals surface area contributed by atoms with Crippen LogP contribution in [-0.2, 0) is 0 Å². The van der Waals surface area contributed by atoms with Crippen molar-refractivity contribution < 1.29 is 9.13 Å². The lowest BCUT2D eigenvalue weighted by Crippen LogP contribution is -2.21. The number of nitrogens with two attached hydrogens (primary N) is 1. The molecule has 1 aliphatic heterocycles. The Morgan fingerprint density at radius 1 is 1.23 bits per heavy atom. The monoisotopic (exact) mass is 367 g/mol. The van der Waals surface area contributed by atoms with Crippen molar-refractivity contribution in [2.24, 2.45) is 5.73 Å². The predicted molar refractivity (Wildman–Crippen MR) is 92.5 cm³/mol. The second-order valence-corrected chi connectivity index (χ2v) is 6.00. The lowest BCUT2D eigenvalue weighted by Gasteiger charge is -2.25. The van der Waals surface area contributed by atoms with Gasteiger partial charge in [0.25, 0.3) is 0 Å². The number of aromatic nitrogens is 3. The van der Waals surface area contributed by atoms with Gasteiger partial charge >= 0.3 is 0 Å². The average molecular weight is 368 g/mol. The summed E-state index contributed by atoms with van der Waals surface area (Å²) in [4.78, 5) is 4.29. The van der Waals surface area contributed by atoms with Crippen LogP contribution < -0.4 is 10.5 Å². The fourth-order valence-electron chi connectivity index (χ4n) is 3.03. The Labute approximate surface area is 152 Å². The Kier molecular flexibility index (Phi) is 3.82. The van der Waals surface area contributed by atoms with Crippen LogP contribution in [0.25, 0.3) is 11.4 Å². The molecule has 2 aromatic heterocycles. The van der Waals surface area contributed by atoms with Crippen molar-refractivity contribution in [3.8, 4) is 23.3 Å². The van der Waals surface area contributed by atoms with Crippen LogP contribution in [0.2, 0.25) is 5.02 Å². The zero-order valence-corrected chi connectivity index (χ0v) is 14.0. The summed E-state index contributed by atoms with van der Waals surface area (Å²) >= 11 is 6.26. The summed E-state index contributed by atoms with van der Waals surface area (Å²) < 4.78 is 20.1. The molecule has 0 bridgehead atoms. The molecule has 0 saturated heterocycles. The average Bonchev–Trinajstić information content (AvgIpc) is 3.05. The normalized spacial score (nSPS) is 16.0. The van der Waals surface area contributed by atoms with Gasteiger partial charge in [0, 0.05) is 16.8 Å².